The standard InChI is InChI=1S/C16H17FN2O/c1-2-18-15-9-5-13(6-10-15)16(20)19-11-12-3-7-14(17)8-4-12/h3-10,18H,2,11H2,1H3,(H,19,20). The molecular formula is C16H17FN2O. The van der Waals surface area contributed by atoms with E-state index in [0.717, 1.165) is 17.8 Å². The maximum Gasteiger partial charge on any atom is 0.251 e. The summed E-state index contributed by atoms with van der Waals surface area (Å²) in [6.07, 6.45) is 0. The topological polar surface area (TPSA) is 41.1 Å². The molecule has 0 aliphatic rings. The van der Waals surface area contributed by atoms with Crippen LogP contribution < -0.4 is 10.6 Å². The van der Waals surface area contributed by atoms with Gasteiger partial charge in [0.1, 0.15) is 5.82 Å². The summed E-state index contributed by atoms with van der Waals surface area (Å²) >= 11 is 0. The quantitative estimate of drug-likeness (QED) is 0.877. The molecule has 0 bridgehead atoms. The summed E-state index contributed by atoms with van der Waals surface area (Å²) in [7, 11) is 0. The van der Waals surface area contributed by atoms with Gasteiger partial charge in [-0.2, -0.15) is 0 Å². The van der Waals surface area contributed by atoms with E-state index >= 15 is 0 Å². The Balaban J connectivity index is 1.92. The first-order valence-electron chi connectivity index (χ1n) is 6.55. The maximum atomic E-state index is 12.8. The van der Waals surface area contributed by atoms with Gasteiger partial charge in [0.05, 0.1) is 0 Å². The van der Waals surface area contributed by atoms with Crippen molar-refractivity contribution in [3.05, 3.63) is 65.5 Å². The average molecular weight is 272 g/mol. The second-order valence-corrected chi connectivity index (χ2v) is 4.42. The molecule has 0 aromatic heterocycles. The van der Waals surface area contributed by atoms with E-state index in [1.165, 1.54) is 12.1 Å². The summed E-state index contributed by atoms with van der Waals surface area (Å²) < 4.78 is 12.8. The number of hydrogen-bond donors (Lipinski definition) is 2. The number of nitrogens with one attached hydrogen (secondary N) is 2. The van der Waals surface area contributed by atoms with E-state index in [9.17, 15) is 9.18 Å². The van der Waals surface area contributed by atoms with Crippen LogP contribution in [0.5, 0.6) is 0 Å². The van der Waals surface area contributed by atoms with Crippen LogP contribution in [-0.4, -0.2) is 12.5 Å². The Morgan fingerprint density at radius 3 is 2.30 bits per heavy atom. The first-order valence-corrected chi connectivity index (χ1v) is 6.55. The van der Waals surface area contributed by atoms with E-state index in [4.69, 9.17) is 0 Å². The van der Waals surface area contributed by atoms with Gasteiger partial charge in [-0.15, -0.1) is 0 Å². The van der Waals surface area contributed by atoms with Gasteiger partial charge in [0.2, 0.25) is 0 Å². The molecule has 0 spiro atoms. The fourth-order valence-corrected chi connectivity index (χ4v) is 1.83. The lowest BCUT2D eigenvalue weighted by atomic mass is 10.1. The van der Waals surface area contributed by atoms with Crippen molar-refractivity contribution < 1.29 is 9.18 Å². The van der Waals surface area contributed by atoms with Gasteiger partial charge in [-0.3, -0.25) is 4.79 Å². The third-order valence-corrected chi connectivity index (χ3v) is 2.89. The zero-order chi connectivity index (χ0) is 14.4. The van der Waals surface area contributed by atoms with Crippen LogP contribution in [0.25, 0.3) is 0 Å². The summed E-state index contributed by atoms with van der Waals surface area (Å²) in [5.74, 6) is -0.420. The zero-order valence-corrected chi connectivity index (χ0v) is 11.3. The molecule has 3 nitrogen and oxygen atoms in total. The number of benzene rings is 2. The van der Waals surface area contributed by atoms with E-state index in [1.807, 2.05) is 19.1 Å². The third-order valence-electron chi connectivity index (χ3n) is 2.89. The highest BCUT2D eigenvalue weighted by molar-refractivity contribution is 5.94. The Morgan fingerprint density at radius 2 is 1.70 bits per heavy atom. The fourth-order valence-electron chi connectivity index (χ4n) is 1.83. The molecule has 4 heteroatoms. The van der Waals surface area contributed by atoms with Crippen molar-refractivity contribution in [3.8, 4) is 0 Å². The summed E-state index contributed by atoms with van der Waals surface area (Å²) in [6.45, 7) is 3.24. The Kier molecular flexibility index (Phi) is 4.71. The van der Waals surface area contributed by atoms with Crippen molar-refractivity contribution in [1.82, 2.24) is 5.32 Å². The van der Waals surface area contributed by atoms with Crippen LogP contribution in [0.3, 0.4) is 0 Å². The predicted molar refractivity (Wildman–Crippen MR) is 78.2 cm³/mol. The first kappa shape index (κ1) is 14.1. The van der Waals surface area contributed by atoms with E-state index < -0.39 is 0 Å². The zero-order valence-electron chi connectivity index (χ0n) is 11.3. The van der Waals surface area contributed by atoms with Crippen molar-refractivity contribution >= 4 is 11.6 Å². The lowest BCUT2D eigenvalue weighted by Gasteiger charge is -2.07. The molecule has 2 N–H and O–H groups in total. The van der Waals surface area contributed by atoms with Gasteiger partial charge in [0.25, 0.3) is 5.91 Å². The molecule has 0 fully saturated rings. The van der Waals surface area contributed by atoms with Crippen LogP contribution in [0.15, 0.2) is 48.5 Å². The molecule has 104 valence electrons. The van der Waals surface area contributed by atoms with Gasteiger partial charge in [-0.1, -0.05) is 12.1 Å². The average Bonchev–Trinajstić information content (AvgIpc) is 2.47. The van der Waals surface area contributed by atoms with Crippen LogP contribution in [0.4, 0.5) is 10.1 Å². The minimum absolute atomic E-state index is 0.141. The van der Waals surface area contributed by atoms with Gasteiger partial charge >= 0.3 is 0 Å². The Morgan fingerprint density at radius 1 is 1.05 bits per heavy atom. The van der Waals surface area contributed by atoms with Crippen molar-refractivity contribution in [1.29, 1.82) is 0 Å². The van der Waals surface area contributed by atoms with Gasteiger partial charge in [-0.25, -0.2) is 4.39 Å². The number of anilines is 1. The highest BCUT2D eigenvalue weighted by atomic mass is 19.1. The molecular weight excluding hydrogens is 255 g/mol. The van der Waals surface area contributed by atoms with E-state index in [2.05, 4.69) is 10.6 Å². The lowest BCUT2D eigenvalue weighted by Crippen LogP contribution is -2.22. The minimum atomic E-state index is -0.279. The van der Waals surface area contributed by atoms with Crippen molar-refractivity contribution in [2.45, 2.75) is 13.5 Å². The highest BCUT2D eigenvalue weighted by Crippen LogP contribution is 2.09. The predicted octanol–water partition coefficient (Wildman–Crippen LogP) is 3.19. The Hall–Kier alpha value is -2.36. The largest absolute Gasteiger partial charge is 0.385 e. The van der Waals surface area contributed by atoms with Gasteiger partial charge < -0.3 is 10.6 Å². The number of halogens is 1. The minimum Gasteiger partial charge on any atom is -0.385 e. The molecule has 0 aliphatic carbocycles. The SMILES string of the molecule is CCNc1ccc(C(=O)NCc2ccc(F)cc2)cc1. The second kappa shape index (κ2) is 6.70. The van der Waals surface area contributed by atoms with Crippen LogP contribution in [-0.2, 0) is 6.54 Å². The number of rotatable bonds is 5. The molecule has 0 radical (unpaired) electrons. The van der Waals surface area contributed by atoms with Crippen LogP contribution >= 0.6 is 0 Å². The molecule has 0 unspecified atom stereocenters. The fraction of sp³-hybridized carbons (Fsp3) is 0.188. The number of hydrogen-bond acceptors (Lipinski definition) is 2. The van der Waals surface area contributed by atoms with E-state index in [0.29, 0.717) is 12.1 Å². The summed E-state index contributed by atoms with van der Waals surface area (Å²) in [5.41, 5.74) is 2.46. The first-order chi connectivity index (χ1) is 9.69. The second-order valence-electron chi connectivity index (χ2n) is 4.42. The Labute approximate surface area is 117 Å². The monoisotopic (exact) mass is 272 g/mol. The van der Waals surface area contributed by atoms with Gasteiger partial charge in [-0.05, 0) is 48.9 Å². The number of carbonyl (C=O) groups excluding carboxylic acids is 1. The van der Waals surface area contributed by atoms with E-state index in [-0.39, 0.29) is 11.7 Å². The highest BCUT2D eigenvalue weighted by Gasteiger charge is 2.05. The molecule has 2 aromatic carbocycles. The van der Waals surface area contributed by atoms with E-state index in [1.54, 1.807) is 24.3 Å². The van der Waals surface area contributed by atoms with Gasteiger partial charge in [0, 0.05) is 24.3 Å². The number of carbonyl (C=O) groups is 1. The van der Waals surface area contributed by atoms with Crippen LogP contribution in [0.1, 0.15) is 22.8 Å². The summed E-state index contributed by atoms with van der Waals surface area (Å²) in [4.78, 5) is 11.9. The molecule has 0 saturated carbocycles. The van der Waals surface area contributed by atoms with Crippen molar-refractivity contribution in [2.24, 2.45) is 0 Å². The normalized spacial score (nSPS) is 10.1. The molecule has 0 heterocycles. The lowest BCUT2D eigenvalue weighted by molar-refractivity contribution is 0.0951. The smallest absolute Gasteiger partial charge is 0.251 e. The van der Waals surface area contributed by atoms with Crippen LogP contribution in [0.2, 0.25) is 0 Å². The Bertz CT molecular complexity index is 564. The third kappa shape index (κ3) is 3.82. The summed E-state index contributed by atoms with van der Waals surface area (Å²) in [5, 5.41) is 5.97. The molecule has 0 aliphatic heterocycles. The van der Waals surface area contributed by atoms with Crippen molar-refractivity contribution in [2.75, 3.05) is 11.9 Å². The molecule has 20 heavy (non-hydrogen) atoms. The summed E-state index contributed by atoms with van der Waals surface area (Å²) in [6, 6.07) is 13.4. The maximum absolute atomic E-state index is 12.8. The molecule has 2 aromatic rings. The van der Waals surface area contributed by atoms with Gasteiger partial charge in [0.15, 0.2) is 0 Å². The van der Waals surface area contributed by atoms with Crippen molar-refractivity contribution in [3.63, 3.8) is 0 Å². The molecule has 2 rings (SSSR count). The molecule has 0 saturated heterocycles. The molecule has 0 atom stereocenters. The number of amides is 1. The van der Waals surface area contributed by atoms with Crippen LogP contribution in [0, 0.1) is 5.82 Å². The molecule has 1 amide bonds.